The molecule has 5 nitrogen and oxygen atoms in total. The number of anilines is 1. The first-order valence-electron chi connectivity index (χ1n) is 9.43. The van der Waals surface area contributed by atoms with Crippen LogP contribution in [0.3, 0.4) is 0 Å². The molecule has 0 bridgehead atoms. The quantitative estimate of drug-likeness (QED) is 0.367. The molecule has 0 atom stereocenters. The van der Waals surface area contributed by atoms with Crippen LogP contribution < -0.4 is 10.1 Å². The first kappa shape index (κ1) is 20.8. The fraction of sp³-hybridized carbons (Fsp3) is 0.0417. The highest BCUT2D eigenvalue weighted by Crippen LogP contribution is 2.31. The third-order valence-corrected chi connectivity index (χ3v) is 5.69. The summed E-state index contributed by atoms with van der Waals surface area (Å²) >= 11 is 7.47. The van der Waals surface area contributed by atoms with Gasteiger partial charge in [-0.1, -0.05) is 35.9 Å². The van der Waals surface area contributed by atoms with Crippen LogP contribution in [0, 0.1) is 0 Å². The van der Waals surface area contributed by atoms with Crippen LogP contribution in [0.4, 0.5) is 5.69 Å². The fourth-order valence-corrected chi connectivity index (χ4v) is 4.02. The van der Waals surface area contributed by atoms with Gasteiger partial charge in [-0.2, -0.15) is 0 Å². The highest BCUT2D eigenvalue weighted by Gasteiger charge is 2.19. The van der Waals surface area contributed by atoms with Gasteiger partial charge in [-0.3, -0.25) is 14.6 Å². The number of ketones is 1. The van der Waals surface area contributed by atoms with Crippen molar-refractivity contribution in [2.24, 2.45) is 0 Å². The van der Waals surface area contributed by atoms with Crippen molar-refractivity contribution in [2.45, 2.75) is 0 Å². The number of hydrogen-bond acceptors (Lipinski definition) is 5. The van der Waals surface area contributed by atoms with Crippen LogP contribution in [0.15, 0.2) is 85.1 Å². The van der Waals surface area contributed by atoms with E-state index in [9.17, 15) is 9.59 Å². The van der Waals surface area contributed by atoms with E-state index in [0.29, 0.717) is 26.9 Å². The van der Waals surface area contributed by atoms with Gasteiger partial charge in [0.25, 0.3) is 5.91 Å². The number of hydrogen-bond donors (Lipinski definition) is 1. The zero-order valence-corrected chi connectivity index (χ0v) is 17.8. The van der Waals surface area contributed by atoms with Crippen LogP contribution in [-0.4, -0.2) is 23.3 Å². The lowest BCUT2D eigenvalue weighted by Crippen LogP contribution is -2.20. The largest absolute Gasteiger partial charge is 0.483 e. The molecule has 0 spiro atoms. The molecule has 31 heavy (non-hydrogen) atoms. The number of carbonyl (C=O) groups is 2. The number of halogens is 1. The zero-order valence-electron chi connectivity index (χ0n) is 16.2. The van der Waals surface area contributed by atoms with Gasteiger partial charge in [0.2, 0.25) is 5.78 Å². The van der Waals surface area contributed by atoms with Crippen molar-refractivity contribution >= 4 is 40.3 Å². The van der Waals surface area contributed by atoms with Gasteiger partial charge in [-0.15, -0.1) is 11.3 Å². The molecule has 0 saturated carbocycles. The van der Waals surface area contributed by atoms with Crippen molar-refractivity contribution in [3.63, 3.8) is 0 Å². The fourth-order valence-electron chi connectivity index (χ4n) is 2.91. The van der Waals surface area contributed by atoms with E-state index in [1.54, 1.807) is 42.6 Å². The molecule has 0 aliphatic carbocycles. The summed E-state index contributed by atoms with van der Waals surface area (Å²) in [5, 5.41) is 3.15. The summed E-state index contributed by atoms with van der Waals surface area (Å²) in [7, 11) is 0. The van der Waals surface area contributed by atoms with Crippen LogP contribution in [0.1, 0.15) is 15.2 Å². The van der Waals surface area contributed by atoms with Crippen LogP contribution in [-0.2, 0) is 4.79 Å². The number of ether oxygens (including phenoxy) is 1. The van der Waals surface area contributed by atoms with Gasteiger partial charge in [0.05, 0.1) is 21.0 Å². The molecule has 1 amide bonds. The zero-order chi connectivity index (χ0) is 21.6. The number of benzene rings is 2. The smallest absolute Gasteiger partial charge is 0.262 e. The number of nitrogens with zero attached hydrogens (tertiary/aromatic N) is 1. The van der Waals surface area contributed by atoms with Crippen molar-refractivity contribution in [1.82, 2.24) is 4.98 Å². The second-order valence-corrected chi connectivity index (χ2v) is 8.07. The number of aromatic nitrogens is 1. The number of carbonyl (C=O) groups excluding carboxylic acids is 2. The third-order valence-electron chi connectivity index (χ3n) is 4.35. The molecular weight excluding hydrogens is 432 g/mol. The van der Waals surface area contributed by atoms with Gasteiger partial charge in [-0.25, -0.2) is 0 Å². The van der Waals surface area contributed by atoms with Crippen LogP contribution in [0.2, 0.25) is 5.02 Å². The summed E-state index contributed by atoms with van der Waals surface area (Å²) in [6.07, 6.45) is 1.71. The van der Waals surface area contributed by atoms with E-state index in [4.69, 9.17) is 16.3 Å². The Kier molecular flexibility index (Phi) is 6.40. The van der Waals surface area contributed by atoms with Crippen LogP contribution >= 0.6 is 22.9 Å². The summed E-state index contributed by atoms with van der Waals surface area (Å²) in [6, 6.07) is 23.1. The molecule has 2 aromatic carbocycles. The molecular formula is C24H17ClN2O3S. The van der Waals surface area contributed by atoms with Gasteiger partial charge in [-0.05, 0) is 54.6 Å². The Hall–Kier alpha value is -3.48. The molecule has 0 radical (unpaired) electrons. The van der Waals surface area contributed by atoms with Crippen molar-refractivity contribution in [3.8, 4) is 16.3 Å². The van der Waals surface area contributed by atoms with Gasteiger partial charge in [0, 0.05) is 16.9 Å². The molecule has 0 saturated heterocycles. The minimum absolute atomic E-state index is 0.229. The predicted octanol–water partition coefficient (Wildman–Crippen LogP) is 5.71. The third kappa shape index (κ3) is 5.17. The Morgan fingerprint density at radius 2 is 1.77 bits per heavy atom. The number of thiophene rings is 1. The lowest BCUT2D eigenvalue weighted by Gasteiger charge is -2.11. The lowest BCUT2D eigenvalue weighted by atomic mass is 10.1. The van der Waals surface area contributed by atoms with Crippen LogP contribution in [0.25, 0.3) is 10.6 Å². The maximum Gasteiger partial charge on any atom is 0.262 e. The van der Waals surface area contributed by atoms with Gasteiger partial charge >= 0.3 is 0 Å². The van der Waals surface area contributed by atoms with Crippen molar-refractivity contribution in [2.75, 3.05) is 11.9 Å². The van der Waals surface area contributed by atoms with E-state index >= 15 is 0 Å². The summed E-state index contributed by atoms with van der Waals surface area (Å²) < 4.78 is 5.66. The molecule has 0 aliphatic rings. The van der Waals surface area contributed by atoms with Crippen LogP contribution in [0.5, 0.6) is 5.75 Å². The summed E-state index contributed by atoms with van der Waals surface area (Å²) in [4.78, 5) is 31.1. The average molecular weight is 449 g/mol. The van der Waals surface area contributed by atoms with E-state index in [1.807, 2.05) is 42.5 Å². The molecule has 2 heterocycles. The lowest BCUT2D eigenvalue weighted by molar-refractivity contribution is -0.118. The maximum atomic E-state index is 13.2. The van der Waals surface area contributed by atoms with Gasteiger partial charge in [0.1, 0.15) is 5.75 Å². The minimum atomic E-state index is -0.326. The number of rotatable bonds is 7. The topological polar surface area (TPSA) is 68.3 Å². The summed E-state index contributed by atoms with van der Waals surface area (Å²) in [5.74, 6) is -0.258. The van der Waals surface area contributed by atoms with E-state index in [2.05, 4.69) is 10.3 Å². The van der Waals surface area contributed by atoms with Gasteiger partial charge in [0.15, 0.2) is 6.61 Å². The van der Waals surface area contributed by atoms with Crippen molar-refractivity contribution in [3.05, 3.63) is 101 Å². The van der Waals surface area contributed by atoms with E-state index in [1.165, 1.54) is 11.3 Å². The Labute approximate surface area is 188 Å². The molecule has 7 heteroatoms. The number of para-hydroxylation sites is 1. The number of nitrogens with one attached hydrogen (secondary N) is 1. The Morgan fingerprint density at radius 3 is 2.55 bits per heavy atom. The van der Waals surface area contributed by atoms with Gasteiger partial charge < -0.3 is 10.1 Å². The van der Waals surface area contributed by atoms with Crippen molar-refractivity contribution < 1.29 is 14.3 Å². The Balaban J connectivity index is 1.51. The highest BCUT2D eigenvalue weighted by molar-refractivity contribution is 7.17. The summed E-state index contributed by atoms with van der Waals surface area (Å²) in [5.41, 5.74) is 1.77. The maximum absolute atomic E-state index is 13.2. The standard InChI is InChI=1S/C24H17ClN2O3S/c25-16-9-10-20(30-15-23(28)27-17-6-2-1-3-7-17)18(14-16)24(29)22-12-11-21(31-22)19-8-4-5-13-26-19/h1-14H,15H2,(H,27,28). The SMILES string of the molecule is O=C(COc1ccc(Cl)cc1C(=O)c1ccc(-c2ccccn2)s1)Nc1ccccc1. The molecule has 1 N–H and O–H groups in total. The molecule has 2 aromatic heterocycles. The van der Waals surface area contributed by atoms with E-state index < -0.39 is 0 Å². The molecule has 154 valence electrons. The van der Waals surface area contributed by atoms with E-state index in [-0.39, 0.29) is 18.3 Å². The second-order valence-electron chi connectivity index (χ2n) is 6.55. The molecule has 0 fully saturated rings. The highest BCUT2D eigenvalue weighted by atomic mass is 35.5. The minimum Gasteiger partial charge on any atom is -0.483 e. The molecule has 4 aromatic rings. The molecule has 0 unspecified atom stereocenters. The molecule has 0 aliphatic heterocycles. The number of amides is 1. The van der Waals surface area contributed by atoms with Crippen molar-refractivity contribution in [1.29, 1.82) is 0 Å². The van der Waals surface area contributed by atoms with E-state index in [0.717, 1.165) is 10.6 Å². The Morgan fingerprint density at radius 1 is 0.968 bits per heavy atom. The average Bonchev–Trinajstić information content (AvgIpc) is 3.29. The summed E-state index contributed by atoms with van der Waals surface area (Å²) in [6.45, 7) is -0.236. The Bertz CT molecular complexity index is 1210. The first-order chi connectivity index (χ1) is 15.1. The normalized spacial score (nSPS) is 10.5. The second kappa shape index (κ2) is 9.55. The molecule has 4 rings (SSSR count). The first-order valence-corrected chi connectivity index (χ1v) is 10.6. The predicted molar refractivity (Wildman–Crippen MR) is 123 cm³/mol. The number of pyridine rings is 1. The monoisotopic (exact) mass is 448 g/mol.